The third-order valence-corrected chi connectivity index (χ3v) is 6.69. The number of fused-ring (bicyclic) bond motifs is 2. The van der Waals surface area contributed by atoms with Crippen LogP contribution >= 0.6 is 12.4 Å². The second kappa shape index (κ2) is 7.72. The Labute approximate surface area is 183 Å². The number of halogens is 3. The second-order valence-corrected chi connectivity index (χ2v) is 8.40. The van der Waals surface area contributed by atoms with Crippen molar-refractivity contribution in [1.29, 1.82) is 0 Å². The summed E-state index contributed by atoms with van der Waals surface area (Å²) in [7, 11) is 1.16. The van der Waals surface area contributed by atoms with Crippen molar-refractivity contribution in [2.75, 3.05) is 38.3 Å². The van der Waals surface area contributed by atoms with Crippen LogP contribution in [0.1, 0.15) is 35.7 Å². The van der Waals surface area contributed by atoms with Gasteiger partial charge < -0.3 is 24.7 Å². The average Bonchev–Trinajstić information content (AvgIpc) is 3.40. The zero-order valence-electron chi connectivity index (χ0n) is 17.0. The predicted molar refractivity (Wildman–Crippen MR) is 113 cm³/mol. The highest BCUT2D eigenvalue weighted by Crippen LogP contribution is 2.44. The summed E-state index contributed by atoms with van der Waals surface area (Å²) in [5, 5.41) is -0.160. The Bertz CT molecular complexity index is 1120. The molecule has 2 unspecified atom stereocenters. The van der Waals surface area contributed by atoms with Gasteiger partial charge in [0.25, 0.3) is 0 Å². The molecule has 31 heavy (non-hydrogen) atoms. The molecular weight excluding hydrogens is 432 g/mol. The summed E-state index contributed by atoms with van der Waals surface area (Å²) in [5.74, 6) is -2.36. The van der Waals surface area contributed by atoms with Crippen molar-refractivity contribution < 1.29 is 23.0 Å². The summed E-state index contributed by atoms with van der Waals surface area (Å²) >= 11 is 0. The lowest BCUT2D eigenvalue weighted by molar-refractivity contribution is 0.0126. The van der Waals surface area contributed by atoms with E-state index in [1.807, 2.05) is 0 Å². The van der Waals surface area contributed by atoms with Crippen LogP contribution < -0.4 is 16.1 Å². The van der Waals surface area contributed by atoms with E-state index in [0.29, 0.717) is 19.7 Å². The van der Waals surface area contributed by atoms with Crippen LogP contribution in [-0.2, 0) is 9.47 Å². The summed E-state index contributed by atoms with van der Waals surface area (Å²) in [5.41, 5.74) is 4.22. The zero-order valence-corrected chi connectivity index (χ0v) is 17.8. The van der Waals surface area contributed by atoms with Crippen LogP contribution in [-0.4, -0.2) is 49.5 Å². The molecule has 2 saturated heterocycles. The lowest BCUT2D eigenvalue weighted by Crippen LogP contribution is -2.44. The number of aromatic nitrogens is 1. The van der Waals surface area contributed by atoms with Crippen molar-refractivity contribution in [3.8, 4) is 0 Å². The van der Waals surface area contributed by atoms with Gasteiger partial charge in [0.15, 0.2) is 5.82 Å². The highest BCUT2D eigenvalue weighted by molar-refractivity contribution is 5.95. The summed E-state index contributed by atoms with van der Waals surface area (Å²) < 4.78 is 43.1. The van der Waals surface area contributed by atoms with E-state index in [2.05, 4.69) is 4.74 Å². The average molecular weight is 456 g/mol. The van der Waals surface area contributed by atoms with Crippen molar-refractivity contribution >= 4 is 35.0 Å². The maximum atomic E-state index is 15.8. The van der Waals surface area contributed by atoms with Crippen molar-refractivity contribution in [3.05, 3.63) is 39.7 Å². The Hall–Kier alpha value is -2.23. The maximum Gasteiger partial charge on any atom is 0.343 e. The number of hydrogen-bond donors (Lipinski definition) is 1. The van der Waals surface area contributed by atoms with Gasteiger partial charge in [-0.2, -0.15) is 0 Å². The molecule has 2 N–H and O–H groups in total. The number of ether oxygens (including phenoxy) is 2. The van der Waals surface area contributed by atoms with Crippen LogP contribution in [0, 0.1) is 17.6 Å². The smallest absolute Gasteiger partial charge is 0.343 e. The first-order valence-corrected chi connectivity index (χ1v) is 10.1. The molecule has 7 nitrogen and oxygen atoms in total. The van der Waals surface area contributed by atoms with E-state index >= 15 is 8.78 Å². The number of anilines is 1. The molecule has 2 aromatic rings. The number of nitrogens with two attached hydrogens (primary N) is 1. The molecule has 1 saturated carbocycles. The fraction of sp³-hybridized carbons (Fsp3) is 0.524. The molecule has 3 fully saturated rings. The molecule has 1 aromatic heterocycles. The molecule has 0 amide bonds. The summed E-state index contributed by atoms with van der Waals surface area (Å²) in [6.07, 6.45) is 3.71. The van der Waals surface area contributed by atoms with E-state index in [-0.39, 0.29) is 53.1 Å². The molecule has 1 aliphatic carbocycles. The molecule has 3 heterocycles. The monoisotopic (exact) mass is 455 g/mol. The van der Waals surface area contributed by atoms with Crippen molar-refractivity contribution in [2.45, 2.75) is 30.9 Å². The van der Waals surface area contributed by atoms with E-state index in [9.17, 15) is 9.59 Å². The molecule has 168 valence electrons. The van der Waals surface area contributed by atoms with Gasteiger partial charge in [-0.1, -0.05) is 0 Å². The second-order valence-electron chi connectivity index (χ2n) is 8.40. The van der Waals surface area contributed by atoms with Crippen molar-refractivity contribution in [2.24, 2.45) is 11.7 Å². The van der Waals surface area contributed by atoms with E-state index in [4.69, 9.17) is 10.5 Å². The summed E-state index contributed by atoms with van der Waals surface area (Å²) in [6, 6.07) is 0.992. The highest BCUT2D eigenvalue weighted by Gasteiger charge is 2.51. The minimum absolute atomic E-state index is 0. The minimum Gasteiger partial charge on any atom is -0.465 e. The highest BCUT2D eigenvalue weighted by atomic mass is 35.5. The van der Waals surface area contributed by atoms with Gasteiger partial charge in [-0.3, -0.25) is 4.79 Å². The number of carbonyl (C=O) groups is 1. The standard InChI is InChI=1S/C21H23F2N3O4.ClH/c1-29-20(28)14-8-26(12-2-3-12)17-13(19(14)27)6-15(22)18(16(17)23)25-7-11-4-5-30-21(11,9-24)10-25;/h6,8,11-12H,2-5,7,9-10,24H2,1H3;1H. The number of benzene rings is 1. The Balaban J connectivity index is 0.00000231. The molecule has 10 heteroatoms. The number of nitrogens with zero attached hydrogens (tertiary/aromatic N) is 2. The fourth-order valence-electron chi connectivity index (χ4n) is 4.95. The number of hydrogen-bond acceptors (Lipinski definition) is 6. The predicted octanol–water partition coefficient (Wildman–Crippen LogP) is 2.38. The van der Waals surface area contributed by atoms with E-state index in [0.717, 1.165) is 32.4 Å². The molecule has 2 atom stereocenters. The Kier molecular flexibility index (Phi) is 5.47. The molecule has 2 aliphatic heterocycles. The quantitative estimate of drug-likeness (QED) is 0.712. The van der Waals surface area contributed by atoms with Gasteiger partial charge in [0.05, 0.1) is 18.0 Å². The number of esters is 1. The first-order valence-electron chi connectivity index (χ1n) is 10.1. The number of rotatable bonds is 4. The molecule has 0 spiro atoms. The molecule has 0 bridgehead atoms. The van der Waals surface area contributed by atoms with Gasteiger partial charge in [-0.05, 0) is 25.3 Å². The van der Waals surface area contributed by atoms with Crippen LogP contribution in [0.15, 0.2) is 17.1 Å². The van der Waals surface area contributed by atoms with Crippen LogP contribution in [0.2, 0.25) is 0 Å². The maximum absolute atomic E-state index is 15.8. The molecule has 3 aliphatic rings. The fourth-order valence-corrected chi connectivity index (χ4v) is 4.95. The van der Waals surface area contributed by atoms with Crippen LogP contribution in [0.3, 0.4) is 0 Å². The third kappa shape index (κ3) is 3.21. The molecular formula is C21H24ClF2N3O4. The van der Waals surface area contributed by atoms with Crippen LogP contribution in [0.4, 0.5) is 14.5 Å². The van der Waals surface area contributed by atoms with Gasteiger partial charge in [-0.15, -0.1) is 12.4 Å². The van der Waals surface area contributed by atoms with Gasteiger partial charge in [0.1, 0.15) is 22.7 Å². The molecule has 1 aromatic carbocycles. The van der Waals surface area contributed by atoms with E-state index in [1.165, 1.54) is 6.20 Å². The van der Waals surface area contributed by atoms with Crippen LogP contribution in [0.5, 0.6) is 0 Å². The van der Waals surface area contributed by atoms with Gasteiger partial charge in [-0.25, -0.2) is 13.6 Å². The molecule has 5 rings (SSSR count). The number of pyridine rings is 1. The lowest BCUT2D eigenvalue weighted by atomic mass is 9.91. The largest absolute Gasteiger partial charge is 0.465 e. The summed E-state index contributed by atoms with van der Waals surface area (Å²) in [4.78, 5) is 26.5. The van der Waals surface area contributed by atoms with Crippen molar-refractivity contribution in [1.82, 2.24) is 4.57 Å². The first kappa shape index (κ1) is 22.0. The lowest BCUT2D eigenvalue weighted by Gasteiger charge is -2.27. The van der Waals surface area contributed by atoms with E-state index < -0.39 is 28.6 Å². The van der Waals surface area contributed by atoms with Gasteiger partial charge >= 0.3 is 5.97 Å². The zero-order chi connectivity index (χ0) is 21.2. The van der Waals surface area contributed by atoms with Crippen molar-refractivity contribution in [3.63, 3.8) is 0 Å². The van der Waals surface area contributed by atoms with E-state index in [1.54, 1.807) is 9.47 Å². The minimum atomic E-state index is -0.839. The van der Waals surface area contributed by atoms with Gasteiger partial charge in [0.2, 0.25) is 5.43 Å². The third-order valence-electron chi connectivity index (χ3n) is 6.69. The first-order chi connectivity index (χ1) is 14.4. The van der Waals surface area contributed by atoms with Gasteiger partial charge in [0, 0.05) is 44.4 Å². The molecule has 0 radical (unpaired) electrons. The Morgan fingerprint density at radius 2 is 2.10 bits per heavy atom. The number of carbonyl (C=O) groups excluding carboxylic acids is 1. The Morgan fingerprint density at radius 3 is 2.71 bits per heavy atom. The topological polar surface area (TPSA) is 86.8 Å². The SMILES string of the molecule is COC(=O)c1cn(C2CC2)c2c(F)c(N3CC4CCOC4(CN)C3)c(F)cc2c1=O.Cl. The Morgan fingerprint density at radius 1 is 1.35 bits per heavy atom. The normalized spacial score (nSPS) is 24.9. The van der Waals surface area contributed by atoms with Crippen LogP contribution in [0.25, 0.3) is 10.9 Å². The summed E-state index contributed by atoms with van der Waals surface area (Å²) in [6.45, 7) is 1.60. The number of methoxy groups -OCH3 is 1.